The normalized spacial score (nSPS) is 12.9. The Morgan fingerprint density at radius 3 is 2.41 bits per heavy atom. The summed E-state index contributed by atoms with van der Waals surface area (Å²) in [5.74, 6) is -1.01. The second-order valence-corrected chi connectivity index (χ2v) is 6.76. The zero-order chi connectivity index (χ0) is 19.8. The van der Waals surface area contributed by atoms with Gasteiger partial charge in [-0.1, -0.05) is 41.9 Å². The highest BCUT2D eigenvalue weighted by atomic mass is 35.5. The molecule has 27 heavy (non-hydrogen) atoms. The first kappa shape index (κ1) is 20.9. The van der Waals surface area contributed by atoms with Crippen LogP contribution in [0.3, 0.4) is 0 Å². The van der Waals surface area contributed by atoms with E-state index in [-0.39, 0.29) is 30.5 Å². The molecule has 0 aliphatic heterocycles. The molecule has 0 saturated carbocycles. The number of hydrogen-bond acceptors (Lipinski definition) is 3. The van der Waals surface area contributed by atoms with Gasteiger partial charge in [-0.3, -0.25) is 9.59 Å². The number of amides is 2. The van der Waals surface area contributed by atoms with Crippen molar-refractivity contribution >= 4 is 23.4 Å². The summed E-state index contributed by atoms with van der Waals surface area (Å²) >= 11 is 5.87. The maximum atomic E-state index is 13.7. The van der Waals surface area contributed by atoms with E-state index >= 15 is 0 Å². The fourth-order valence-electron chi connectivity index (χ4n) is 2.75. The fraction of sp³-hybridized carbons (Fsp3) is 0.300. The maximum Gasteiger partial charge on any atom is 0.242 e. The van der Waals surface area contributed by atoms with E-state index in [1.54, 1.807) is 42.5 Å². The van der Waals surface area contributed by atoms with Gasteiger partial charge in [0, 0.05) is 31.0 Å². The fourth-order valence-corrected chi connectivity index (χ4v) is 2.88. The minimum Gasteiger partial charge on any atom is -0.357 e. The molecule has 2 aromatic carbocycles. The molecule has 0 aromatic heterocycles. The van der Waals surface area contributed by atoms with Crippen molar-refractivity contribution in [2.45, 2.75) is 31.3 Å². The lowest BCUT2D eigenvalue weighted by Gasteiger charge is -2.19. The highest BCUT2D eigenvalue weighted by molar-refractivity contribution is 6.30. The van der Waals surface area contributed by atoms with Gasteiger partial charge in [0.1, 0.15) is 11.9 Å². The topological polar surface area (TPSA) is 84.2 Å². The highest BCUT2D eigenvalue weighted by Crippen LogP contribution is 2.12. The smallest absolute Gasteiger partial charge is 0.242 e. The summed E-state index contributed by atoms with van der Waals surface area (Å²) in [5, 5.41) is 5.84. The van der Waals surface area contributed by atoms with E-state index < -0.39 is 12.1 Å². The number of likely N-dealkylation sites (N-methyl/N-ethyl adjacent to an activating group) is 1. The van der Waals surface area contributed by atoms with Gasteiger partial charge >= 0.3 is 0 Å². The molecule has 0 radical (unpaired) electrons. The van der Waals surface area contributed by atoms with E-state index in [1.807, 2.05) is 0 Å². The SMILES string of the molecule is CNC(=O)[C@@H](Cc1ccc(Cl)cc1)NC(=O)C[C@H](N)Cc1ccccc1F. The highest BCUT2D eigenvalue weighted by Gasteiger charge is 2.21. The zero-order valence-corrected chi connectivity index (χ0v) is 15.8. The van der Waals surface area contributed by atoms with Crippen molar-refractivity contribution in [3.8, 4) is 0 Å². The minimum absolute atomic E-state index is 0.0115. The first-order chi connectivity index (χ1) is 12.9. The first-order valence-electron chi connectivity index (χ1n) is 8.63. The number of nitrogens with one attached hydrogen (secondary N) is 2. The number of halogens is 2. The summed E-state index contributed by atoms with van der Waals surface area (Å²) in [4.78, 5) is 24.4. The first-order valence-corrected chi connectivity index (χ1v) is 9.01. The Hall–Kier alpha value is -2.44. The van der Waals surface area contributed by atoms with Gasteiger partial charge in [0.2, 0.25) is 11.8 Å². The number of rotatable bonds is 8. The molecule has 0 unspecified atom stereocenters. The van der Waals surface area contributed by atoms with Crippen LogP contribution in [-0.2, 0) is 22.4 Å². The third-order valence-electron chi connectivity index (χ3n) is 4.14. The largest absolute Gasteiger partial charge is 0.357 e. The number of carbonyl (C=O) groups is 2. The Morgan fingerprint density at radius 2 is 1.78 bits per heavy atom. The van der Waals surface area contributed by atoms with Crippen LogP contribution in [0.2, 0.25) is 5.02 Å². The van der Waals surface area contributed by atoms with E-state index in [1.165, 1.54) is 13.1 Å². The lowest BCUT2D eigenvalue weighted by Crippen LogP contribution is -2.48. The summed E-state index contributed by atoms with van der Waals surface area (Å²) < 4.78 is 13.7. The molecule has 2 aromatic rings. The summed E-state index contributed by atoms with van der Waals surface area (Å²) in [6.45, 7) is 0. The Bertz CT molecular complexity index is 783. The van der Waals surface area contributed by atoms with Gasteiger partial charge < -0.3 is 16.4 Å². The van der Waals surface area contributed by atoms with Gasteiger partial charge in [0.05, 0.1) is 0 Å². The molecule has 2 rings (SSSR count). The average molecular weight is 392 g/mol. The van der Waals surface area contributed by atoms with Crippen molar-refractivity contribution in [2.75, 3.05) is 7.05 Å². The monoisotopic (exact) mass is 391 g/mol. The second kappa shape index (κ2) is 10.0. The molecule has 0 aliphatic carbocycles. The molecular formula is C20H23ClFN3O2. The number of hydrogen-bond donors (Lipinski definition) is 3. The number of benzene rings is 2. The molecule has 2 amide bonds. The van der Waals surface area contributed by atoms with Gasteiger partial charge in [-0.2, -0.15) is 0 Å². The number of carbonyl (C=O) groups excluding carboxylic acids is 2. The van der Waals surface area contributed by atoms with Crippen LogP contribution in [0.15, 0.2) is 48.5 Å². The summed E-state index contributed by atoms with van der Waals surface area (Å²) in [5.41, 5.74) is 7.31. The van der Waals surface area contributed by atoms with Crippen molar-refractivity contribution in [3.05, 3.63) is 70.5 Å². The van der Waals surface area contributed by atoms with Crippen molar-refractivity contribution in [3.63, 3.8) is 0 Å². The quantitative estimate of drug-likeness (QED) is 0.645. The van der Waals surface area contributed by atoms with Gasteiger partial charge in [-0.25, -0.2) is 4.39 Å². The van der Waals surface area contributed by atoms with E-state index in [9.17, 15) is 14.0 Å². The van der Waals surface area contributed by atoms with Gasteiger partial charge in [0.15, 0.2) is 0 Å². The zero-order valence-electron chi connectivity index (χ0n) is 15.0. The van der Waals surface area contributed by atoms with Crippen molar-refractivity contribution < 1.29 is 14.0 Å². The van der Waals surface area contributed by atoms with E-state index in [0.717, 1.165) is 5.56 Å². The van der Waals surface area contributed by atoms with Crippen LogP contribution in [0.5, 0.6) is 0 Å². The van der Waals surface area contributed by atoms with Gasteiger partial charge in [-0.05, 0) is 35.7 Å². The van der Waals surface area contributed by atoms with E-state index in [2.05, 4.69) is 10.6 Å². The Morgan fingerprint density at radius 1 is 1.11 bits per heavy atom. The molecule has 7 heteroatoms. The summed E-state index contributed by atoms with van der Waals surface area (Å²) in [6.07, 6.45) is 0.551. The summed E-state index contributed by atoms with van der Waals surface area (Å²) in [6, 6.07) is 12.1. The van der Waals surface area contributed by atoms with Crippen molar-refractivity contribution in [1.29, 1.82) is 0 Å². The molecule has 0 fully saturated rings. The third-order valence-corrected chi connectivity index (χ3v) is 4.39. The van der Waals surface area contributed by atoms with Crippen LogP contribution in [0.1, 0.15) is 17.5 Å². The average Bonchev–Trinajstić information content (AvgIpc) is 2.64. The lowest BCUT2D eigenvalue weighted by atomic mass is 10.0. The number of nitrogens with two attached hydrogens (primary N) is 1. The van der Waals surface area contributed by atoms with Crippen LogP contribution in [-0.4, -0.2) is 30.9 Å². The summed E-state index contributed by atoms with van der Waals surface area (Å²) in [7, 11) is 1.51. The molecular weight excluding hydrogens is 369 g/mol. The molecule has 2 atom stereocenters. The predicted octanol–water partition coefficient (Wildman–Crippen LogP) is 2.21. The van der Waals surface area contributed by atoms with Crippen LogP contribution >= 0.6 is 11.6 Å². The Balaban J connectivity index is 1.95. The standard InChI is InChI=1S/C20H23ClFN3O2/c1-24-20(27)18(10-13-6-8-15(21)9-7-13)25-19(26)12-16(23)11-14-4-2-3-5-17(14)22/h2-9,16,18H,10-12,23H2,1H3,(H,24,27)(H,25,26)/t16-,18-/m1/s1. The van der Waals surface area contributed by atoms with Crippen LogP contribution in [0.4, 0.5) is 4.39 Å². The molecule has 4 N–H and O–H groups in total. The van der Waals surface area contributed by atoms with Crippen LogP contribution in [0, 0.1) is 5.82 Å². The molecule has 0 aliphatic rings. The molecule has 144 valence electrons. The third kappa shape index (κ3) is 6.66. The van der Waals surface area contributed by atoms with Crippen molar-refractivity contribution in [2.24, 2.45) is 5.73 Å². The predicted molar refractivity (Wildman–Crippen MR) is 104 cm³/mol. The van der Waals surface area contributed by atoms with Crippen LogP contribution in [0.25, 0.3) is 0 Å². The molecule has 0 bridgehead atoms. The molecule has 0 saturated heterocycles. The van der Waals surface area contributed by atoms with Gasteiger partial charge in [0.25, 0.3) is 0 Å². The van der Waals surface area contributed by atoms with Crippen LogP contribution < -0.4 is 16.4 Å². The van der Waals surface area contributed by atoms with E-state index in [0.29, 0.717) is 17.0 Å². The molecule has 0 heterocycles. The molecule has 5 nitrogen and oxygen atoms in total. The maximum absolute atomic E-state index is 13.7. The minimum atomic E-state index is -0.732. The second-order valence-electron chi connectivity index (χ2n) is 6.32. The Kier molecular flexibility index (Phi) is 7.76. The van der Waals surface area contributed by atoms with E-state index in [4.69, 9.17) is 17.3 Å². The Labute approximate surface area is 163 Å². The van der Waals surface area contributed by atoms with Gasteiger partial charge in [-0.15, -0.1) is 0 Å². The lowest BCUT2D eigenvalue weighted by molar-refractivity contribution is -0.128. The van der Waals surface area contributed by atoms with Crippen molar-refractivity contribution in [1.82, 2.24) is 10.6 Å². The molecule has 0 spiro atoms.